The van der Waals surface area contributed by atoms with E-state index in [4.69, 9.17) is 14.2 Å². The van der Waals surface area contributed by atoms with E-state index in [1.165, 1.54) is 11.3 Å². The van der Waals surface area contributed by atoms with Crippen molar-refractivity contribution in [3.63, 3.8) is 0 Å². The Morgan fingerprint density at radius 1 is 0.774 bits per heavy atom. The van der Waals surface area contributed by atoms with E-state index in [1.54, 1.807) is 61.5 Å². The highest BCUT2D eigenvalue weighted by Crippen LogP contribution is 2.41. The number of carbonyl (C=O) groups excluding carboxylic acids is 3. The van der Waals surface area contributed by atoms with Gasteiger partial charge >= 0.3 is 5.97 Å². The zero-order valence-corrected chi connectivity index (χ0v) is 36.8. The van der Waals surface area contributed by atoms with E-state index in [1.807, 2.05) is 24.3 Å². The number of allylic oxidation sites excluding steroid dienone is 12. The molecule has 0 bridgehead atoms. The van der Waals surface area contributed by atoms with E-state index < -0.39 is 12.0 Å². The average molecular weight is 857 g/mol. The van der Waals surface area contributed by atoms with Gasteiger partial charge in [0.2, 0.25) is 5.91 Å². The van der Waals surface area contributed by atoms with Gasteiger partial charge in [0.1, 0.15) is 29.9 Å². The van der Waals surface area contributed by atoms with Gasteiger partial charge < -0.3 is 24.6 Å². The monoisotopic (exact) mass is 856 g/mol. The van der Waals surface area contributed by atoms with Crippen LogP contribution in [0.3, 0.4) is 0 Å². The molecule has 0 saturated carbocycles. The standard InChI is InChI=1S/C52H60N2O7S/c1-3-4-5-6-7-8-9-10-11-12-13-14-15-16-17-18-19-20-21-22-48(56)53-40(2)52(58)61-45-30-25-42(26-31-45)51-49(46-32-27-43(55)39-47(46)62-51)50(57)41-23-28-44(29-24-41)60-38-35-54-33-36-59-37-34-54/h4-5,7-8,10-11,13-14,16-17,19-20,23-32,39-40,55H,3,6,9,12,15,18,21-22,33-38H2,1-2H3,(H,53,56)/b5-4-,8-7-,11-10-,14-13-,17-16-,20-19-/t40-/m0/s1. The van der Waals surface area contributed by atoms with Crippen LogP contribution in [0.15, 0.2) is 140 Å². The highest BCUT2D eigenvalue weighted by molar-refractivity contribution is 7.22. The number of phenolic OH excluding ortho intramolecular Hbond substituents is 1. The van der Waals surface area contributed by atoms with Gasteiger partial charge in [0, 0.05) is 52.1 Å². The smallest absolute Gasteiger partial charge is 0.333 e. The lowest BCUT2D eigenvalue weighted by Crippen LogP contribution is -2.40. The Balaban J connectivity index is 1.04. The summed E-state index contributed by atoms with van der Waals surface area (Å²) in [5.74, 6) is 0.145. The number of nitrogens with zero attached hydrogens (tertiary/aromatic N) is 1. The number of nitrogens with one attached hydrogen (secondary N) is 1. The lowest BCUT2D eigenvalue weighted by Gasteiger charge is -2.26. The first-order valence-electron chi connectivity index (χ1n) is 21.7. The summed E-state index contributed by atoms with van der Waals surface area (Å²) in [4.78, 5) is 42.6. The van der Waals surface area contributed by atoms with Crippen LogP contribution in [0.5, 0.6) is 17.2 Å². The Morgan fingerprint density at radius 2 is 1.35 bits per heavy atom. The molecule has 1 fully saturated rings. The molecule has 62 heavy (non-hydrogen) atoms. The lowest BCUT2D eigenvalue weighted by atomic mass is 9.97. The molecule has 1 atom stereocenters. The number of rotatable bonds is 24. The third-order valence-electron chi connectivity index (χ3n) is 10.00. The zero-order chi connectivity index (χ0) is 43.8. The number of ketones is 1. The van der Waals surface area contributed by atoms with Crippen molar-refractivity contribution >= 4 is 39.1 Å². The van der Waals surface area contributed by atoms with Gasteiger partial charge in [-0.15, -0.1) is 11.3 Å². The lowest BCUT2D eigenvalue weighted by molar-refractivity contribution is -0.138. The number of esters is 1. The van der Waals surface area contributed by atoms with E-state index in [0.29, 0.717) is 35.7 Å². The third kappa shape index (κ3) is 15.9. The number of thiophene rings is 1. The normalized spacial score (nSPS) is 14.4. The topological polar surface area (TPSA) is 114 Å². The minimum Gasteiger partial charge on any atom is -0.508 e. The average Bonchev–Trinajstić information content (AvgIpc) is 3.66. The quantitative estimate of drug-likeness (QED) is 0.0310. The third-order valence-corrected chi connectivity index (χ3v) is 11.2. The van der Waals surface area contributed by atoms with Gasteiger partial charge in [0.25, 0.3) is 0 Å². The van der Waals surface area contributed by atoms with Crippen LogP contribution in [0.2, 0.25) is 0 Å². The number of benzene rings is 3. The Kier molecular flexibility index (Phi) is 20.2. The molecular weight excluding hydrogens is 797 g/mol. The first kappa shape index (κ1) is 47.2. The van der Waals surface area contributed by atoms with Crippen molar-refractivity contribution in [2.24, 2.45) is 0 Å². The number of hydrogen-bond donors (Lipinski definition) is 2. The molecule has 0 aliphatic carbocycles. The van der Waals surface area contributed by atoms with Crippen LogP contribution in [0.1, 0.15) is 81.1 Å². The number of amides is 1. The van der Waals surface area contributed by atoms with Crippen molar-refractivity contribution in [1.29, 1.82) is 0 Å². The summed E-state index contributed by atoms with van der Waals surface area (Å²) in [6.07, 6.45) is 32.2. The summed E-state index contributed by atoms with van der Waals surface area (Å²) < 4.78 is 17.7. The van der Waals surface area contributed by atoms with Gasteiger partial charge in [-0.1, -0.05) is 79.8 Å². The van der Waals surface area contributed by atoms with E-state index in [0.717, 1.165) is 91.9 Å². The maximum absolute atomic E-state index is 14.1. The van der Waals surface area contributed by atoms with E-state index in [-0.39, 0.29) is 23.9 Å². The molecular formula is C52H60N2O7S. The summed E-state index contributed by atoms with van der Waals surface area (Å²) in [5, 5.41) is 13.7. The number of aromatic hydroxyl groups is 1. The van der Waals surface area contributed by atoms with Gasteiger partial charge in [-0.3, -0.25) is 14.5 Å². The molecule has 3 aromatic carbocycles. The van der Waals surface area contributed by atoms with Crippen LogP contribution >= 0.6 is 11.3 Å². The van der Waals surface area contributed by atoms with Crippen molar-refractivity contribution < 1.29 is 33.7 Å². The van der Waals surface area contributed by atoms with Gasteiger partial charge in [-0.2, -0.15) is 0 Å². The van der Waals surface area contributed by atoms with Crippen LogP contribution < -0.4 is 14.8 Å². The molecule has 1 aliphatic rings. The molecule has 4 aromatic rings. The second-order valence-electron chi connectivity index (χ2n) is 14.8. The summed E-state index contributed by atoms with van der Waals surface area (Å²) in [5.41, 5.74) is 1.79. The number of morpholine rings is 1. The van der Waals surface area contributed by atoms with Gasteiger partial charge in [-0.25, -0.2) is 4.79 Å². The second-order valence-corrected chi connectivity index (χ2v) is 15.9. The molecule has 1 saturated heterocycles. The fraction of sp³-hybridized carbons (Fsp3) is 0.327. The number of phenols is 1. The Morgan fingerprint density at radius 3 is 1.97 bits per heavy atom. The van der Waals surface area contributed by atoms with Crippen molar-refractivity contribution in [1.82, 2.24) is 10.2 Å². The first-order chi connectivity index (χ1) is 30.3. The first-order valence-corrected chi connectivity index (χ1v) is 22.5. The SMILES string of the molecule is CC/C=C\C/C=C\C/C=C\C/C=C\C/C=C\C/C=C\CCC(=O)N[C@@H](C)C(=O)Oc1ccc(-c2sc3cc(O)ccc3c2C(=O)c2ccc(OCCN3CCOCC3)cc2)cc1. The largest absolute Gasteiger partial charge is 0.508 e. The predicted octanol–water partition coefficient (Wildman–Crippen LogP) is 11.1. The minimum absolute atomic E-state index is 0.111. The van der Waals surface area contributed by atoms with Gasteiger partial charge in [0.05, 0.1) is 13.2 Å². The number of hydrogen-bond acceptors (Lipinski definition) is 9. The fourth-order valence-electron chi connectivity index (χ4n) is 6.58. The summed E-state index contributed by atoms with van der Waals surface area (Å²) in [6, 6.07) is 18.3. The summed E-state index contributed by atoms with van der Waals surface area (Å²) in [6.45, 7) is 8.35. The zero-order valence-electron chi connectivity index (χ0n) is 36.0. The highest BCUT2D eigenvalue weighted by Gasteiger charge is 2.23. The second kappa shape index (κ2) is 26.5. The molecule has 1 aromatic heterocycles. The molecule has 10 heteroatoms. The van der Waals surface area contributed by atoms with Crippen molar-refractivity contribution in [2.75, 3.05) is 39.5 Å². The van der Waals surface area contributed by atoms with Gasteiger partial charge in [0.15, 0.2) is 5.78 Å². The molecule has 2 heterocycles. The Bertz CT molecular complexity index is 2210. The van der Waals surface area contributed by atoms with Crippen LogP contribution in [0.4, 0.5) is 0 Å². The molecule has 326 valence electrons. The van der Waals surface area contributed by atoms with Crippen molar-refractivity contribution in [2.45, 2.75) is 71.3 Å². The predicted molar refractivity (Wildman–Crippen MR) is 252 cm³/mol. The van der Waals surface area contributed by atoms with E-state index in [9.17, 15) is 19.5 Å². The number of carbonyl (C=O) groups is 3. The molecule has 1 aliphatic heterocycles. The Hall–Kier alpha value is -5.81. The molecule has 1 amide bonds. The molecule has 0 unspecified atom stereocenters. The molecule has 0 radical (unpaired) electrons. The minimum atomic E-state index is -0.839. The maximum Gasteiger partial charge on any atom is 0.333 e. The molecule has 5 rings (SSSR count). The van der Waals surface area contributed by atoms with E-state index in [2.05, 4.69) is 77.9 Å². The van der Waals surface area contributed by atoms with E-state index >= 15 is 0 Å². The number of ether oxygens (including phenoxy) is 3. The van der Waals surface area contributed by atoms with Crippen molar-refractivity contribution in [3.8, 4) is 27.7 Å². The van der Waals surface area contributed by atoms with Crippen LogP contribution in [-0.2, 0) is 14.3 Å². The van der Waals surface area contributed by atoms with Gasteiger partial charge in [-0.05, 0) is 124 Å². The molecule has 2 N–H and O–H groups in total. The summed E-state index contributed by atoms with van der Waals surface area (Å²) >= 11 is 1.40. The van der Waals surface area contributed by atoms with Crippen LogP contribution in [0.25, 0.3) is 20.5 Å². The number of fused-ring (bicyclic) bond motifs is 1. The maximum atomic E-state index is 14.1. The Labute approximate surface area is 370 Å². The van der Waals surface area contributed by atoms with Crippen molar-refractivity contribution in [3.05, 3.63) is 151 Å². The summed E-state index contributed by atoms with van der Waals surface area (Å²) in [7, 11) is 0. The molecule has 0 spiro atoms. The molecule has 9 nitrogen and oxygen atoms in total. The fourth-order valence-corrected chi connectivity index (χ4v) is 7.82. The van der Waals surface area contributed by atoms with Crippen LogP contribution in [0, 0.1) is 0 Å². The highest BCUT2D eigenvalue weighted by atomic mass is 32.1. The van der Waals surface area contributed by atoms with Crippen LogP contribution in [-0.4, -0.2) is 73.2 Å².